The summed E-state index contributed by atoms with van der Waals surface area (Å²) in [6, 6.07) is 4.43. The van der Waals surface area contributed by atoms with E-state index in [1.807, 2.05) is 6.92 Å². The van der Waals surface area contributed by atoms with Gasteiger partial charge >= 0.3 is 6.03 Å². The minimum atomic E-state index is -0.460. The summed E-state index contributed by atoms with van der Waals surface area (Å²) < 4.78 is 0. The summed E-state index contributed by atoms with van der Waals surface area (Å²) in [7, 11) is 0. The molecule has 9 heteroatoms. The van der Waals surface area contributed by atoms with E-state index < -0.39 is 11.9 Å². The number of carbonyl (C=O) groups is 2. The fourth-order valence-electron chi connectivity index (χ4n) is 2.49. The number of nitrogens with zero attached hydrogens (tertiary/aromatic N) is 3. The minimum Gasteiger partial charge on any atom is -0.508 e. The molecular weight excluding hydrogens is 384 g/mol. The van der Waals surface area contributed by atoms with Gasteiger partial charge in [0.05, 0.1) is 16.1 Å². The van der Waals surface area contributed by atoms with Crippen molar-refractivity contribution in [1.82, 2.24) is 15.2 Å². The van der Waals surface area contributed by atoms with Crippen molar-refractivity contribution < 1.29 is 14.7 Å². The zero-order chi connectivity index (χ0) is 19.0. The number of amides is 3. The molecule has 2 fully saturated rings. The molecule has 138 valence electrons. The number of phenolic OH excluding ortho intramolecular Hbond substituents is 1. The summed E-state index contributed by atoms with van der Waals surface area (Å²) >= 11 is 2.56. The third-order valence-corrected chi connectivity index (χ3v) is 5.73. The highest BCUT2D eigenvalue weighted by Crippen LogP contribution is 2.36. The Hall–Kier alpha value is -2.65. The van der Waals surface area contributed by atoms with Gasteiger partial charge in [0.25, 0.3) is 5.91 Å². The molecule has 2 aromatic rings. The summed E-state index contributed by atoms with van der Waals surface area (Å²) in [6.45, 7) is 1.81. The number of thioether (sulfide) groups is 1. The molecule has 1 saturated carbocycles. The molecule has 1 saturated heterocycles. The van der Waals surface area contributed by atoms with Crippen molar-refractivity contribution in [3.8, 4) is 5.75 Å². The number of aromatic hydroxyl groups is 1. The zero-order valence-corrected chi connectivity index (χ0v) is 16.0. The highest BCUT2D eigenvalue weighted by Gasteiger charge is 2.40. The number of nitrogens with one attached hydrogen (secondary N) is 1. The number of aliphatic imine (C=N–C) groups is 1. The lowest BCUT2D eigenvalue weighted by Crippen LogP contribution is -2.43. The van der Waals surface area contributed by atoms with Crippen LogP contribution in [-0.4, -0.2) is 38.1 Å². The van der Waals surface area contributed by atoms with Crippen LogP contribution in [0.5, 0.6) is 5.75 Å². The minimum absolute atomic E-state index is 0.126. The topological polar surface area (TPSA) is 94.9 Å². The van der Waals surface area contributed by atoms with E-state index in [4.69, 9.17) is 0 Å². The first-order valence-electron chi connectivity index (χ1n) is 8.32. The number of imide groups is 1. The van der Waals surface area contributed by atoms with Crippen LogP contribution >= 0.6 is 23.1 Å². The number of amidine groups is 1. The van der Waals surface area contributed by atoms with Crippen LogP contribution in [0.4, 0.5) is 10.5 Å². The van der Waals surface area contributed by atoms with Crippen molar-refractivity contribution >= 4 is 52.0 Å². The molecule has 1 aromatic carbocycles. The summed E-state index contributed by atoms with van der Waals surface area (Å²) in [5.41, 5.74) is 3.02. The number of rotatable bonds is 3. The van der Waals surface area contributed by atoms with E-state index in [0.717, 1.165) is 39.9 Å². The van der Waals surface area contributed by atoms with Gasteiger partial charge in [0.15, 0.2) is 5.17 Å². The Morgan fingerprint density at radius 1 is 1.44 bits per heavy atom. The van der Waals surface area contributed by atoms with Crippen LogP contribution in [0.1, 0.15) is 23.3 Å². The lowest BCUT2D eigenvalue weighted by Gasteiger charge is -2.14. The average molecular weight is 400 g/mol. The molecule has 27 heavy (non-hydrogen) atoms. The molecule has 1 aliphatic carbocycles. The number of hydrogen-bond acceptors (Lipinski definition) is 7. The van der Waals surface area contributed by atoms with Gasteiger partial charge in [0, 0.05) is 17.1 Å². The van der Waals surface area contributed by atoms with Gasteiger partial charge in [-0.2, -0.15) is 0 Å². The van der Waals surface area contributed by atoms with Crippen LogP contribution in [0.2, 0.25) is 0 Å². The van der Waals surface area contributed by atoms with Gasteiger partial charge in [-0.05, 0) is 61.4 Å². The van der Waals surface area contributed by atoms with E-state index in [0.29, 0.717) is 15.8 Å². The van der Waals surface area contributed by atoms with Crippen LogP contribution in [0.25, 0.3) is 6.08 Å². The number of urea groups is 1. The molecule has 4 rings (SSSR count). The Kier molecular flexibility index (Phi) is 4.71. The van der Waals surface area contributed by atoms with E-state index in [1.165, 1.54) is 17.4 Å². The molecule has 7 nitrogen and oxygen atoms in total. The van der Waals surface area contributed by atoms with Gasteiger partial charge < -0.3 is 10.4 Å². The number of aryl methyl sites for hydroxylation is 1. The molecule has 1 aliphatic heterocycles. The molecule has 3 amide bonds. The second kappa shape index (κ2) is 7.16. The fraction of sp³-hybridized carbons (Fsp3) is 0.222. The molecule has 2 heterocycles. The second-order valence-electron chi connectivity index (χ2n) is 6.24. The van der Waals surface area contributed by atoms with Gasteiger partial charge in [-0.25, -0.2) is 14.7 Å². The van der Waals surface area contributed by atoms with Crippen molar-refractivity contribution in [2.45, 2.75) is 25.8 Å². The molecule has 0 bridgehead atoms. The van der Waals surface area contributed by atoms with E-state index in [-0.39, 0.29) is 11.8 Å². The van der Waals surface area contributed by atoms with Crippen LogP contribution in [0, 0.1) is 6.92 Å². The van der Waals surface area contributed by atoms with Gasteiger partial charge in [-0.15, -0.1) is 11.3 Å². The van der Waals surface area contributed by atoms with Crippen molar-refractivity contribution in [1.29, 1.82) is 0 Å². The third-order valence-electron chi connectivity index (χ3n) is 4.04. The summed E-state index contributed by atoms with van der Waals surface area (Å²) in [4.78, 5) is 36.3. The highest BCUT2D eigenvalue weighted by atomic mass is 32.2. The van der Waals surface area contributed by atoms with Crippen LogP contribution in [0.3, 0.4) is 0 Å². The van der Waals surface area contributed by atoms with Crippen molar-refractivity contribution in [2.24, 2.45) is 4.99 Å². The van der Waals surface area contributed by atoms with Crippen molar-refractivity contribution in [2.75, 3.05) is 0 Å². The van der Waals surface area contributed by atoms with E-state index in [2.05, 4.69) is 15.3 Å². The molecule has 2 N–H and O–H groups in total. The van der Waals surface area contributed by atoms with Crippen LogP contribution in [-0.2, 0) is 4.79 Å². The number of carbonyl (C=O) groups excluding carboxylic acids is 2. The third kappa shape index (κ3) is 3.88. The fourth-order valence-corrected chi connectivity index (χ4v) is 4.08. The standard InChI is InChI=1S/C18H16N4O3S2/c1-10-6-12(23)4-5-14(10)21-18-22(17(25)20-11-2-3-11)16(24)15(27-18)7-13-8-19-9-26-13/h4-9,11,23H,2-3H2,1H3,(H,20,25). The Bertz CT molecular complexity index is 965. The number of thiazole rings is 1. The van der Waals surface area contributed by atoms with Gasteiger partial charge in [-0.3, -0.25) is 9.78 Å². The average Bonchev–Trinajstić information content (AvgIpc) is 3.17. The van der Waals surface area contributed by atoms with E-state index in [1.54, 1.807) is 29.9 Å². The number of aromatic nitrogens is 1. The second-order valence-corrected chi connectivity index (χ2v) is 8.17. The lowest BCUT2D eigenvalue weighted by molar-refractivity contribution is -0.120. The molecule has 1 aromatic heterocycles. The first-order valence-corrected chi connectivity index (χ1v) is 10.0. The summed E-state index contributed by atoms with van der Waals surface area (Å²) in [5, 5.41) is 12.7. The molecule has 0 unspecified atom stereocenters. The van der Waals surface area contributed by atoms with Crippen molar-refractivity contribution in [3.63, 3.8) is 0 Å². The first-order chi connectivity index (χ1) is 13.0. The zero-order valence-electron chi connectivity index (χ0n) is 14.4. The largest absolute Gasteiger partial charge is 0.508 e. The highest BCUT2D eigenvalue weighted by molar-refractivity contribution is 8.18. The normalized spacial score (nSPS) is 19.9. The van der Waals surface area contributed by atoms with Crippen LogP contribution < -0.4 is 5.32 Å². The molecule has 2 aliphatic rings. The quantitative estimate of drug-likeness (QED) is 0.767. The van der Waals surface area contributed by atoms with Crippen LogP contribution in [0.15, 0.2) is 39.8 Å². The van der Waals surface area contributed by atoms with E-state index in [9.17, 15) is 14.7 Å². The predicted molar refractivity (Wildman–Crippen MR) is 106 cm³/mol. The Morgan fingerprint density at radius 3 is 2.93 bits per heavy atom. The predicted octanol–water partition coefficient (Wildman–Crippen LogP) is 3.63. The Balaban J connectivity index is 1.70. The number of hydrogen-bond donors (Lipinski definition) is 2. The summed E-state index contributed by atoms with van der Waals surface area (Å²) in [5.74, 6) is -0.262. The SMILES string of the molecule is Cc1cc(O)ccc1N=C1SC(=Cc2cncs2)C(=O)N1C(=O)NC1CC1. The van der Waals surface area contributed by atoms with E-state index >= 15 is 0 Å². The maximum Gasteiger partial charge on any atom is 0.330 e. The Morgan fingerprint density at radius 2 is 2.26 bits per heavy atom. The number of phenols is 1. The molecule has 0 spiro atoms. The summed E-state index contributed by atoms with van der Waals surface area (Å²) in [6.07, 6.45) is 5.23. The van der Waals surface area contributed by atoms with Gasteiger partial charge in [0.2, 0.25) is 0 Å². The van der Waals surface area contributed by atoms with Gasteiger partial charge in [-0.1, -0.05) is 0 Å². The maximum atomic E-state index is 12.9. The van der Waals surface area contributed by atoms with Gasteiger partial charge in [0.1, 0.15) is 5.75 Å². The Labute approximate surface area is 163 Å². The first kappa shape index (κ1) is 17.7. The lowest BCUT2D eigenvalue weighted by atomic mass is 10.2. The maximum absolute atomic E-state index is 12.9. The monoisotopic (exact) mass is 400 g/mol. The number of benzene rings is 1. The smallest absolute Gasteiger partial charge is 0.330 e. The molecule has 0 radical (unpaired) electrons. The molecular formula is C18H16N4O3S2. The van der Waals surface area contributed by atoms with Crippen molar-refractivity contribution in [3.05, 3.63) is 45.3 Å². The molecule has 0 atom stereocenters.